The number of nitrogens with two attached hydrogens (primary N) is 1. The predicted molar refractivity (Wildman–Crippen MR) is 113 cm³/mol. The number of ether oxygens (including phenoxy) is 2. The number of methoxy groups -OCH3 is 1. The van der Waals surface area contributed by atoms with Gasteiger partial charge in [-0.05, 0) is 43.7 Å². The fourth-order valence-corrected chi connectivity index (χ4v) is 3.63. The van der Waals surface area contributed by atoms with Crippen molar-refractivity contribution >= 4 is 11.9 Å². The van der Waals surface area contributed by atoms with Crippen molar-refractivity contribution in [3.63, 3.8) is 0 Å². The molecule has 1 aromatic heterocycles. The Hall–Kier alpha value is -3.81. The Labute approximate surface area is 174 Å². The minimum Gasteiger partial charge on any atom is -0.496 e. The van der Waals surface area contributed by atoms with Gasteiger partial charge >= 0.3 is 0 Å². The van der Waals surface area contributed by atoms with Crippen LogP contribution in [0.3, 0.4) is 0 Å². The van der Waals surface area contributed by atoms with Crippen LogP contribution < -0.4 is 20.5 Å². The van der Waals surface area contributed by atoms with Gasteiger partial charge in [-0.15, -0.1) is 5.10 Å². The molecule has 2 aromatic carbocycles. The van der Waals surface area contributed by atoms with Crippen LogP contribution in [0.15, 0.2) is 59.8 Å². The van der Waals surface area contributed by atoms with Crippen LogP contribution in [0.25, 0.3) is 11.4 Å². The number of benzene rings is 2. The third-order valence-corrected chi connectivity index (χ3v) is 4.97. The van der Waals surface area contributed by atoms with E-state index in [0.29, 0.717) is 35.4 Å². The summed E-state index contributed by atoms with van der Waals surface area (Å²) in [6, 6.07) is 14.6. The van der Waals surface area contributed by atoms with Gasteiger partial charge in [0, 0.05) is 5.70 Å². The fraction of sp³-hybridized carbons (Fsp3) is 0.227. The molecule has 0 fully saturated rings. The molecule has 0 radical (unpaired) electrons. The molecule has 3 aromatic rings. The SMILES string of the molecule is CCOc1ccc([C@H]2C(C(N)=O)=C(C)Nc3nc(-c4ccccc4OC)nn32)cc1. The lowest BCUT2D eigenvalue weighted by atomic mass is 9.95. The number of hydrogen-bond donors (Lipinski definition) is 2. The van der Waals surface area contributed by atoms with Gasteiger partial charge in [-0.25, -0.2) is 4.68 Å². The van der Waals surface area contributed by atoms with E-state index in [0.717, 1.165) is 16.9 Å². The van der Waals surface area contributed by atoms with Gasteiger partial charge in [0.2, 0.25) is 11.9 Å². The first-order valence-corrected chi connectivity index (χ1v) is 9.63. The highest BCUT2D eigenvalue weighted by molar-refractivity contribution is 5.95. The van der Waals surface area contributed by atoms with Crippen LogP contribution in [-0.2, 0) is 4.79 Å². The summed E-state index contributed by atoms with van der Waals surface area (Å²) >= 11 is 0. The molecule has 2 heterocycles. The van der Waals surface area contributed by atoms with E-state index in [1.807, 2.05) is 62.4 Å². The Balaban J connectivity index is 1.84. The molecule has 30 heavy (non-hydrogen) atoms. The number of para-hydroxylation sites is 1. The number of fused-ring (bicyclic) bond motifs is 1. The smallest absolute Gasteiger partial charge is 0.248 e. The van der Waals surface area contributed by atoms with E-state index >= 15 is 0 Å². The van der Waals surface area contributed by atoms with Crippen molar-refractivity contribution in [2.75, 3.05) is 19.0 Å². The van der Waals surface area contributed by atoms with E-state index in [1.165, 1.54) is 0 Å². The predicted octanol–water partition coefficient (Wildman–Crippen LogP) is 3.13. The van der Waals surface area contributed by atoms with E-state index in [1.54, 1.807) is 11.8 Å². The topological polar surface area (TPSA) is 104 Å². The summed E-state index contributed by atoms with van der Waals surface area (Å²) in [5.41, 5.74) is 8.43. The summed E-state index contributed by atoms with van der Waals surface area (Å²) in [4.78, 5) is 17.0. The molecule has 1 amide bonds. The third kappa shape index (κ3) is 3.36. The maximum Gasteiger partial charge on any atom is 0.248 e. The van der Waals surface area contributed by atoms with Crippen LogP contribution in [0.5, 0.6) is 11.5 Å². The van der Waals surface area contributed by atoms with Crippen LogP contribution in [0.4, 0.5) is 5.95 Å². The average molecular weight is 405 g/mol. The summed E-state index contributed by atoms with van der Waals surface area (Å²) < 4.78 is 12.7. The molecule has 8 heteroatoms. The van der Waals surface area contributed by atoms with Crippen molar-refractivity contribution in [1.82, 2.24) is 14.8 Å². The molecule has 1 aliphatic heterocycles. The van der Waals surface area contributed by atoms with Crippen LogP contribution in [0, 0.1) is 0 Å². The minimum atomic E-state index is -0.515. The highest BCUT2D eigenvalue weighted by Gasteiger charge is 2.33. The zero-order valence-electron chi connectivity index (χ0n) is 17.0. The maximum absolute atomic E-state index is 12.3. The van der Waals surface area contributed by atoms with Crippen molar-refractivity contribution in [1.29, 1.82) is 0 Å². The number of amides is 1. The molecule has 0 spiro atoms. The van der Waals surface area contributed by atoms with Gasteiger partial charge in [0.15, 0.2) is 5.82 Å². The second kappa shape index (κ2) is 7.90. The number of nitrogens with one attached hydrogen (secondary N) is 1. The van der Waals surface area contributed by atoms with Crippen LogP contribution in [0.2, 0.25) is 0 Å². The fourth-order valence-electron chi connectivity index (χ4n) is 3.63. The lowest BCUT2D eigenvalue weighted by molar-refractivity contribution is -0.115. The van der Waals surface area contributed by atoms with Gasteiger partial charge in [-0.1, -0.05) is 24.3 Å². The monoisotopic (exact) mass is 405 g/mol. The third-order valence-electron chi connectivity index (χ3n) is 4.97. The Bertz CT molecular complexity index is 1120. The van der Waals surface area contributed by atoms with Gasteiger partial charge in [0.05, 0.1) is 24.9 Å². The number of allylic oxidation sites excluding steroid dienone is 1. The Morgan fingerprint density at radius 2 is 1.93 bits per heavy atom. The second-order valence-electron chi connectivity index (χ2n) is 6.84. The van der Waals surface area contributed by atoms with E-state index in [4.69, 9.17) is 20.3 Å². The molecular weight excluding hydrogens is 382 g/mol. The van der Waals surface area contributed by atoms with E-state index in [-0.39, 0.29) is 0 Å². The average Bonchev–Trinajstić information content (AvgIpc) is 3.16. The zero-order chi connectivity index (χ0) is 21.3. The first-order chi connectivity index (χ1) is 14.5. The molecule has 0 saturated heterocycles. The maximum atomic E-state index is 12.3. The molecule has 8 nitrogen and oxygen atoms in total. The first kappa shape index (κ1) is 19.5. The summed E-state index contributed by atoms with van der Waals surface area (Å²) in [5.74, 6) is 1.92. The lowest BCUT2D eigenvalue weighted by Gasteiger charge is -2.27. The van der Waals surface area contributed by atoms with Crippen LogP contribution in [-0.4, -0.2) is 34.4 Å². The molecular formula is C22H23N5O3. The number of carbonyl (C=O) groups is 1. The summed E-state index contributed by atoms with van der Waals surface area (Å²) in [7, 11) is 1.60. The van der Waals surface area contributed by atoms with E-state index in [9.17, 15) is 4.79 Å². The largest absolute Gasteiger partial charge is 0.496 e. The standard InChI is InChI=1S/C22H23N5O3/c1-4-30-15-11-9-14(10-12-15)19-18(20(23)28)13(2)24-22-25-21(26-27(19)22)16-7-5-6-8-17(16)29-3/h5-12,19H,4H2,1-3H3,(H2,23,28)(H,24,25,26)/t19-/m0/s1. The number of nitrogens with zero attached hydrogens (tertiary/aromatic N) is 3. The van der Waals surface area contributed by atoms with Gasteiger partial charge in [-0.3, -0.25) is 4.79 Å². The molecule has 0 bridgehead atoms. The highest BCUT2D eigenvalue weighted by Crippen LogP contribution is 2.37. The van der Waals surface area contributed by atoms with Crippen molar-refractivity contribution < 1.29 is 14.3 Å². The van der Waals surface area contributed by atoms with Gasteiger partial charge in [0.25, 0.3) is 0 Å². The normalized spacial score (nSPS) is 15.4. The first-order valence-electron chi connectivity index (χ1n) is 9.63. The quantitative estimate of drug-likeness (QED) is 0.653. The van der Waals surface area contributed by atoms with Gasteiger partial charge in [-0.2, -0.15) is 4.98 Å². The van der Waals surface area contributed by atoms with Crippen LogP contribution in [0.1, 0.15) is 25.5 Å². The Morgan fingerprint density at radius 1 is 1.20 bits per heavy atom. The minimum absolute atomic E-state index is 0.433. The number of primary amides is 1. The molecule has 0 aliphatic carbocycles. The second-order valence-corrected chi connectivity index (χ2v) is 6.84. The summed E-state index contributed by atoms with van der Waals surface area (Å²) in [6.07, 6.45) is 0. The summed E-state index contributed by atoms with van der Waals surface area (Å²) in [5, 5.41) is 7.86. The number of rotatable bonds is 6. The van der Waals surface area contributed by atoms with Crippen molar-refractivity contribution in [3.05, 3.63) is 65.4 Å². The zero-order valence-corrected chi connectivity index (χ0v) is 17.0. The number of carbonyl (C=O) groups excluding carboxylic acids is 1. The van der Waals surface area contributed by atoms with Crippen molar-refractivity contribution in [3.8, 4) is 22.9 Å². The van der Waals surface area contributed by atoms with Gasteiger partial charge in [0.1, 0.15) is 17.5 Å². The number of anilines is 1. The van der Waals surface area contributed by atoms with Crippen molar-refractivity contribution in [2.45, 2.75) is 19.9 Å². The molecule has 0 saturated carbocycles. The Kier molecular flexibility index (Phi) is 5.14. The molecule has 154 valence electrons. The number of hydrogen-bond acceptors (Lipinski definition) is 6. The highest BCUT2D eigenvalue weighted by atomic mass is 16.5. The molecule has 0 unspecified atom stereocenters. The molecule has 1 atom stereocenters. The molecule has 3 N–H and O–H groups in total. The van der Waals surface area contributed by atoms with E-state index < -0.39 is 11.9 Å². The van der Waals surface area contributed by atoms with Crippen molar-refractivity contribution in [2.24, 2.45) is 5.73 Å². The lowest BCUT2D eigenvalue weighted by Crippen LogP contribution is -2.31. The molecule has 4 rings (SSSR count). The van der Waals surface area contributed by atoms with E-state index in [2.05, 4.69) is 10.3 Å². The summed E-state index contributed by atoms with van der Waals surface area (Å²) in [6.45, 7) is 4.31. The molecule has 1 aliphatic rings. The van der Waals surface area contributed by atoms with Crippen LogP contribution >= 0.6 is 0 Å². The van der Waals surface area contributed by atoms with Gasteiger partial charge < -0.3 is 20.5 Å². The Morgan fingerprint density at radius 3 is 2.60 bits per heavy atom. The number of aromatic nitrogens is 3.